The van der Waals surface area contributed by atoms with E-state index in [9.17, 15) is 9.18 Å². The zero-order valence-electron chi connectivity index (χ0n) is 28.0. The summed E-state index contributed by atoms with van der Waals surface area (Å²) in [5.41, 5.74) is 1.28. The zero-order chi connectivity index (χ0) is 31.1. The Morgan fingerprint density at radius 1 is 1.00 bits per heavy atom. The average Bonchev–Trinajstić information content (AvgIpc) is 2.93. The Kier molecular flexibility index (Phi) is 38.9. The van der Waals surface area contributed by atoms with Gasteiger partial charge in [-0.1, -0.05) is 107 Å². The van der Waals surface area contributed by atoms with Crippen LogP contribution in [0, 0.1) is 24.6 Å². The van der Waals surface area contributed by atoms with Crippen molar-refractivity contribution in [3.8, 4) is 0 Å². The number of ketones is 1. The molecule has 1 heterocycles. The number of nitrogens with one attached hydrogen (secondary N) is 2. The molecule has 5 heteroatoms. The summed E-state index contributed by atoms with van der Waals surface area (Å²) in [5.74, 6) is 1.76. The van der Waals surface area contributed by atoms with E-state index >= 15 is 0 Å². The summed E-state index contributed by atoms with van der Waals surface area (Å²) in [7, 11) is 0. The van der Waals surface area contributed by atoms with Gasteiger partial charge in [0.1, 0.15) is 12.1 Å². The molecule has 1 unspecified atom stereocenters. The van der Waals surface area contributed by atoms with Crippen molar-refractivity contribution in [2.45, 2.75) is 147 Å². The first-order valence-electron chi connectivity index (χ1n) is 15.7. The van der Waals surface area contributed by atoms with Crippen molar-refractivity contribution >= 4 is 17.8 Å². The Morgan fingerprint density at radius 3 is 1.77 bits per heavy atom. The molecular weight excluding hydrogens is 487 g/mol. The second-order valence-electron chi connectivity index (χ2n) is 10.1. The molecule has 4 nitrogen and oxygen atoms in total. The maximum absolute atomic E-state index is 13.3. The number of aldehydes is 1. The van der Waals surface area contributed by atoms with Gasteiger partial charge in [-0.2, -0.15) is 0 Å². The number of unbranched alkanes of at least 4 members (excludes halogenated alkanes) is 1. The van der Waals surface area contributed by atoms with Crippen LogP contribution < -0.4 is 10.6 Å². The smallest absolute Gasteiger partial charge is 0.151 e. The van der Waals surface area contributed by atoms with Gasteiger partial charge in [-0.15, -0.1) is 0 Å². The molecule has 1 aromatic carbocycles. The number of Topliss-reactive ketones (excluding diaryl/α,β-unsaturated/α-hetero) is 1. The average molecular weight is 555 g/mol. The van der Waals surface area contributed by atoms with Crippen LogP contribution in [0.1, 0.15) is 140 Å². The van der Waals surface area contributed by atoms with Gasteiger partial charge in [0.05, 0.1) is 6.04 Å². The van der Waals surface area contributed by atoms with E-state index in [2.05, 4.69) is 52.2 Å². The largest absolute Gasteiger partial charge is 0.375 e. The molecule has 0 bridgehead atoms. The van der Waals surface area contributed by atoms with Crippen LogP contribution in [0.25, 0.3) is 0 Å². The monoisotopic (exact) mass is 555 g/mol. The van der Waals surface area contributed by atoms with Crippen molar-refractivity contribution in [2.24, 2.45) is 11.8 Å². The van der Waals surface area contributed by atoms with Gasteiger partial charge in [-0.3, -0.25) is 4.79 Å². The first kappa shape index (κ1) is 44.3. The van der Waals surface area contributed by atoms with Crippen molar-refractivity contribution in [1.29, 1.82) is 0 Å². The molecule has 2 rings (SSSR count). The molecule has 1 saturated heterocycles. The molecule has 1 aliphatic rings. The van der Waals surface area contributed by atoms with Crippen molar-refractivity contribution in [3.05, 3.63) is 29.6 Å². The van der Waals surface area contributed by atoms with Crippen LogP contribution in [0.4, 0.5) is 10.1 Å². The number of benzene rings is 1. The Hall–Kier alpha value is -1.75. The van der Waals surface area contributed by atoms with Crippen molar-refractivity contribution < 1.29 is 14.0 Å². The number of hydrogen-bond acceptors (Lipinski definition) is 4. The number of rotatable bonds is 9. The van der Waals surface area contributed by atoms with Crippen LogP contribution in [0.5, 0.6) is 0 Å². The minimum Gasteiger partial charge on any atom is -0.375 e. The van der Waals surface area contributed by atoms with Crippen LogP contribution in [0.15, 0.2) is 18.2 Å². The topological polar surface area (TPSA) is 58.2 Å². The third kappa shape index (κ3) is 32.4. The van der Waals surface area contributed by atoms with Crippen LogP contribution in [0.2, 0.25) is 0 Å². The summed E-state index contributed by atoms with van der Waals surface area (Å²) in [6.07, 6.45) is 12.0. The Bertz CT molecular complexity index is 642. The van der Waals surface area contributed by atoms with E-state index in [-0.39, 0.29) is 17.6 Å². The first-order chi connectivity index (χ1) is 18.6. The number of halogens is 1. The van der Waals surface area contributed by atoms with E-state index in [1.165, 1.54) is 71.0 Å². The molecule has 0 aromatic heterocycles. The quantitative estimate of drug-likeness (QED) is 0.298. The number of piperidine rings is 1. The van der Waals surface area contributed by atoms with Crippen LogP contribution in [0.3, 0.4) is 0 Å². The summed E-state index contributed by atoms with van der Waals surface area (Å²) in [6, 6.07) is 4.72. The molecule has 1 aliphatic heterocycles. The summed E-state index contributed by atoms with van der Waals surface area (Å²) >= 11 is 0. The fraction of sp³-hybridized carbons (Fsp3) is 0.765. The highest BCUT2D eigenvalue weighted by Gasteiger charge is 2.13. The number of anilines is 1. The lowest BCUT2D eigenvalue weighted by atomic mass is 9.96. The second-order valence-corrected chi connectivity index (χ2v) is 10.1. The van der Waals surface area contributed by atoms with Crippen LogP contribution in [-0.4, -0.2) is 31.2 Å². The highest BCUT2D eigenvalue weighted by atomic mass is 19.1. The van der Waals surface area contributed by atoms with Crippen molar-refractivity contribution in [3.63, 3.8) is 0 Å². The normalized spacial score (nSPS) is 12.7. The Morgan fingerprint density at radius 2 is 1.49 bits per heavy atom. The Balaban J connectivity index is -0.000000223. The molecule has 232 valence electrons. The summed E-state index contributed by atoms with van der Waals surface area (Å²) < 4.78 is 13.3. The van der Waals surface area contributed by atoms with Gasteiger partial charge in [-0.05, 0) is 82.7 Å². The molecule has 0 saturated carbocycles. The minimum atomic E-state index is -0.246. The fourth-order valence-electron chi connectivity index (χ4n) is 3.42. The van der Waals surface area contributed by atoms with E-state index in [1.54, 1.807) is 26.0 Å². The molecule has 0 radical (unpaired) electrons. The molecule has 2 N–H and O–H groups in total. The van der Waals surface area contributed by atoms with E-state index in [0.717, 1.165) is 31.0 Å². The van der Waals surface area contributed by atoms with E-state index in [0.29, 0.717) is 11.3 Å². The standard InChI is InChI=1S/C13H18FNO.C7H15N.C6H14.C4H10.C2H4O.C2H6/c1-4-5-13(10(3)16)15-11-7-6-9(2)12(14)8-11;1-2-7-3-5-8-6-4-7;1-4-5-6(2)3;1-3-4-2;1-2-3;1-2/h6-8,13,15H,4-5H2,1-3H3;7-8H,2-6H2,1H3;6H,4-5H2,1-3H3;3-4H2,1-2H3;2H,1H3;1-2H3. The van der Waals surface area contributed by atoms with Gasteiger partial charge in [0.15, 0.2) is 5.78 Å². The number of hydrogen-bond donors (Lipinski definition) is 2. The molecule has 0 spiro atoms. The molecule has 0 aliphatic carbocycles. The van der Waals surface area contributed by atoms with Gasteiger partial charge >= 0.3 is 0 Å². The highest BCUT2D eigenvalue weighted by Crippen LogP contribution is 2.16. The zero-order valence-corrected chi connectivity index (χ0v) is 28.0. The molecule has 1 atom stereocenters. The molecule has 1 aromatic rings. The second kappa shape index (κ2) is 34.3. The van der Waals surface area contributed by atoms with Crippen molar-refractivity contribution in [2.75, 3.05) is 18.4 Å². The fourth-order valence-corrected chi connectivity index (χ4v) is 3.42. The predicted octanol–water partition coefficient (Wildman–Crippen LogP) is 10.2. The third-order valence-electron chi connectivity index (χ3n) is 5.98. The minimum absolute atomic E-state index is 0.0860. The SMILES string of the molecule is CC.CC=O.CCC1CCNCC1.CCCC.CCCC(C)C.CCCC(Nc1ccc(C)c(F)c1)C(C)=O. The van der Waals surface area contributed by atoms with Gasteiger partial charge in [-0.25, -0.2) is 4.39 Å². The molecule has 0 amide bonds. The molecule has 39 heavy (non-hydrogen) atoms. The van der Waals surface area contributed by atoms with E-state index in [1.807, 2.05) is 20.8 Å². The Labute approximate surface area is 243 Å². The summed E-state index contributed by atoms with van der Waals surface area (Å²) in [5, 5.41) is 6.41. The van der Waals surface area contributed by atoms with Gasteiger partial charge in [0.2, 0.25) is 0 Å². The van der Waals surface area contributed by atoms with Crippen LogP contribution in [-0.2, 0) is 9.59 Å². The van der Waals surface area contributed by atoms with Gasteiger partial charge in [0.25, 0.3) is 0 Å². The lowest BCUT2D eigenvalue weighted by Gasteiger charge is -2.20. The van der Waals surface area contributed by atoms with Crippen molar-refractivity contribution in [1.82, 2.24) is 5.32 Å². The summed E-state index contributed by atoms with van der Waals surface area (Å²) in [4.78, 5) is 20.1. The van der Waals surface area contributed by atoms with Gasteiger partial charge < -0.3 is 15.4 Å². The maximum Gasteiger partial charge on any atom is 0.151 e. The van der Waals surface area contributed by atoms with E-state index < -0.39 is 0 Å². The van der Waals surface area contributed by atoms with Gasteiger partial charge in [0, 0.05) is 5.69 Å². The lowest BCUT2D eigenvalue weighted by molar-refractivity contribution is -0.117. The highest BCUT2D eigenvalue weighted by molar-refractivity contribution is 5.84. The third-order valence-corrected chi connectivity index (χ3v) is 5.98. The number of carbonyl (C=O) groups excluding carboxylic acids is 2. The maximum atomic E-state index is 13.3. The summed E-state index contributed by atoms with van der Waals surface area (Å²) in [6.45, 7) is 26.6. The molecular formula is C34H67FN2O2. The van der Waals surface area contributed by atoms with Crippen LogP contribution >= 0.6 is 0 Å². The molecule has 1 fully saturated rings. The number of aryl methyl sites for hydroxylation is 1. The van der Waals surface area contributed by atoms with E-state index in [4.69, 9.17) is 4.79 Å². The number of carbonyl (C=O) groups is 2. The lowest BCUT2D eigenvalue weighted by Crippen LogP contribution is -2.27. The first-order valence-corrected chi connectivity index (χ1v) is 15.7. The predicted molar refractivity (Wildman–Crippen MR) is 173 cm³/mol.